The van der Waals surface area contributed by atoms with Crippen LogP contribution in [-0.4, -0.2) is 33.4 Å². The molecule has 2 heterocycles. The van der Waals surface area contributed by atoms with Gasteiger partial charge in [-0.1, -0.05) is 0 Å². The summed E-state index contributed by atoms with van der Waals surface area (Å²) in [6.07, 6.45) is 4.99. The third-order valence-electron chi connectivity index (χ3n) is 2.65. The molecule has 0 radical (unpaired) electrons. The van der Waals surface area contributed by atoms with Crippen LogP contribution in [-0.2, 0) is 10.0 Å². The number of aromatic amines is 1. The molecule has 3 aromatic rings. The lowest BCUT2D eigenvalue weighted by Gasteiger charge is -2.08. The number of nitrogens with zero attached hydrogens (tertiary/aromatic N) is 4. The molecule has 0 saturated heterocycles. The second-order valence-electron chi connectivity index (χ2n) is 4.05. The number of H-pyrrole nitrogens is 1. The Labute approximate surface area is 118 Å². The van der Waals surface area contributed by atoms with E-state index in [1.165, 1.54) is 35.7 Å². The molecule has 10 heteroatoms. The van der Waals surface area contributed by atoms with Crippen LogP contribution in [0.25, 0.3) is 5.69 Å². The van der Waals surface area contributed by atoms with Crippen LogP contribution in [0.3, 0.4) is 0 Å². The summed E-state index contributed by atoms with van der Waals surface area (Å²) >= 11 is 0. The molecule has 2 aromatic heterocycles. The largest absolute Gasteiger partial charge is 0.284 e. The summed E-state index contributed by atoms with van der Waals surface area (Å²) in [6, 6.07) is 3.89. The fraction of sp³-hybridized carbons (Fsp3) is 0. The highest BCUT2D eigenvalue weighted by atomic mass is 32.2. The van der Waals surface area contributed by atoms with Gasteiger partial charge in [-0.25, -0.2) is 22.5 Å². The summed E-state index contributed by atoms with van der Waals surface area (Å²) in [5, 5.41) is 9.76. The first-order valence-electron chi connectivity index (χ1n) is 5.72. The molecule has 1 aromatic carbocycles. The van der Waals surface area contributed by atoms with Gasteiger partial charge in [0, 0.05) is 12.3 Å². The van der Waals surface area contributed by atoms with Crippen LogP contribution < -0.4 is 4.72 Å². The van der Waals surface area contributed by atoms with Crippen molar-refractivity contribution in [3.8, 4) is 5.69 Å². The Morgan fingerprint density at radius 2 is 2.19 bits per heavy atom. The zero-order valence-electron chi connectivity index (χ0n) is 10.4. The molecule has 0 saturated carbocycles. The third-order valence-corrected chi connectivity index (χ3v) is 4.00. The number of benzene rings is 1. The van der Waals surface area contributed by atoms with E-state index >= 15 is 0 Å². The Morgan fingerprint density at radius 3 is 2.81 bits per heavy atom. The van der Waals surface area contributed by atoms with Crippen LogP contribution >= 0.6 is 0 Å². The van der Waals surface area contributed by atoms with Crippen LogP contribution in [0.1, 0.15) is 0 Å². The van der Waals surface area contributed by atoms with Crippen LogP contribution in [0.4, 0.5) is 10.1 Å². The van der Waals surface area contributed by atoms with Gasteiger partial charge in [0.25, 0.3) is 10.0 Å². The maximum atomic E-state index is 14.0. The van der Waals surface area contributed by atoms with E-state index in [-0.39, 0.29) is 16.3 Å². The van der Waals surface area contributed by atoms with Gasteiger partial charge in [0.1, 0.15) is 23.2 Å². The molecule has 0 spiro atoms. The van der Waals surface area contributed by atoms with E-state index in [1.807, 2.05) is 0 Å². The summed E-state index contributed by atoms with van der Waals surface area (Å²) in [4.78, 5) is 3.68. The maximum Gasteiger partial charge on any atom is 0.265 e. The van der Waals surface area contributed by atoms with Gasteiger partial charge in [0.2, 0.25) is 0 Å². The number of hydrogen-bond acceptors (Lipinski definition) is 5. The Bertz CT molecular complexity index is 845. The minimum atomic E-state index is -3.80. The standard InChI is InChI=1S/C11H9FN6O2S/c12-10-3-8(1-2-11(10)18-7-13-6-16-18)17-21(19,20)9-4-14-15-5-9/h1-7,17H,(H,14,15). The lowest BCUT2D eigenvalue weighted by molar-refractivity contribution is 0.601. The van der Waals surface area contributed by atoms with Crippen molar-refractivity contribution >= 4 is 15.7 Å². The zero-order valence-corrected chi connectivity index (χ0v) is 11.2. The van der Waals surface area contributed by atoms with Crippen molar-refractivity contribution in [3.63, 3.8) is 0 Å². The fourth-order valence-corrected chi connectivity index (χ4v) is 2.64. The van der Waals surface area contributed by atoms with Crippen molar-refractivity contribution in [2.24, 2.45) is 0 Å². The summed E-state index contributed by atoms with van der Waals surface area (Å²) in [6.45, 7) is 0. The molecule has 3 rings (SSSR count). The van der Waals surface area contributed by atoms with E-state index in [1.54, 1.807) is 0 Å². The first kappa shape index (κ1) is 13.2. The number of aromatic nitrogens is 5. The Balaban J connectivity index is 1.90. The molecule has 0 aliphatic carbocycles. The normalized spacial score (nSPS) is 11.5. The van der Waals surface area contributed by atoms with Gasteiger partial charge in [0.05, 0.1) is 11.9 Å². The van der Waals surface area contributed by atoms with Gasteiger partial charge >= 0.3 is 0 Å². The predicted molar refractivity (Wildman–Crippen MR) is 70.7 cm³/mol. The molecule has 0 amide bonds. The maximum absolute atomic E-state index is 14.0. The van der Waals surface area contributed by atoms with Crippen LogP contribution in [0.2, 0.25) is 0 Å². The second-order valence-corrected chi connectivity index (χ2v) is 5.73. The summed E-state index contributed by atoms with van der Waals surface area (Å²) < 4.78 is 41.4. The van der Waals surface area contributed by atoms with Crippen LogP contribution in [0, 0.1) is 5.82 Å². The monoisotopic (exact) mass is 308 g/mol. The molecular weight excluding hydrogens is 299 g/mol. The van der Waals surface area contributed by atoms with Crippen LogP contribution in [0.5, 0.6) is 0 Å². The number of sulfonamides is 1. The molecule has 0 bridgehead atoms. The van der Waals surface area contributed by atoms with Gasteiger partial charge in [-0.2, -0.15) is 10.2 Å². The Morgan fingerprint density at radius 1 is 1.33 bits per heavy atom. The van der Waals surface area contributed by atoms with Gasteiger partial charge < -0.3 is 0 Å². The number of halogens is 1. The minimum Gasteiger partial charge on any atom is -0.284 e. The van der Waals surface area contributed by atoms with Gasteiger partial charge in [0.15, 0.2) is 5.82 Å². The molecule has 0 aliphatic rings. The van der Waals surface area contributed by atoms with E-state index in [2.05, 4.69) is 25.0 Å². The number of hydrogen-bond donors (Lipinski definition) is 2. The van der Waals surface area contributed by atoms with E-state index < -0.39 is 15.8 Å². The number of anilines is 1. The molecule has 0 fully saturated rings. The minimum absolute atomic E-state index is 0.0386. The van der Waals surface area contributed by atoms with E-state index in [9.17, 15) is 12.8 Å². The summed E-state index contributed by atoms with van der Waals surface area (Å²) in [5.74, 6) is -0.632. The fourth-order valence-electron chi connectivity index (χ4n) is 1.69. The smallest absolute Gasteiger partial charge is 0.265 e. The molecule has 2 N–H and O–H groups in total. The molecule has 0 unspecified atom stereocenters. The Kier molecular flexibility index (Phi) is 3.14. The molecular formula is C11H9FN6O2S. The van der Waals surface area contributed by atoms with Crippen molar-refractivity contribution in [2.45, 2.75) is 4.90 Å². The van der Waals surface area contributed by atoms with Gasteiger partial charge in [-0.05, 0) is 12.1 Å². The first-order valence-corrected chi connectivity index (χ1v) is 7.21. The molecule has 8 nitrogen and oxygen atoms in total. The van der Waals surface area contributed by atoms with E-state index in [0.717, 1.165) is 12.3 Å². The summed E-state index contributed by atoms with van der Waals surface area (Å²) in [5.41, 5.74) is 0.260. The van der Waals surface area contributed by atoms with Crippen molar-refractivity contribution < 1.29 is 12.8 Å². The highest BCUT2D eigenvalue weighted by Crippen LogP contribution is 2.20. The SMILES string of the molecule is O=S(=O)(Nc1ccc(-n2cncn2)c(F)c1)c1cn[nH]c1. The molecule has 108 valence electrons. The quantitative estimate of drug-likeness (QED) is 0.746. The van der Waals surface area contributed by atoms with E-state index in [4.69, 9.17) is 0 Å². The highest BCUT2D eigenvalue weighted by molar-refractivity contribution is 7.92. The summed E-state index contributed by atoms with van der Waals surface area (Å²) in [7, 11) is -3.80. The van der Waals surface area contributed by atoms with Crippen molar-refractivity contribution in [1.82, 2.24) is 25.0 Å². The average Bonchev–Trinajstić information content (AvgIpc) is 3.12. The zero-order chi connectivity index (χ0) is 14.9. The van der Waals surface area contributed by atoms with Crippen molar-refractivity contribution in [3.05, 3.63) is 49.1 Å². The topological polar surface area (TPSA) is 106 Å². The second kappa shape index (κ2) is 4.98. The van der Waals surface area contributed by atoms with Crippen LogP contribution in [0.15, 0.2) is 48.1 Å². The molecule has 21 heavy (non-hydrogen) atoms. The average molecular weight is 308 g/mol. The lowest BCUT2D eigenvalue weighted by atomic mass is 10.3. The van der Waals surface area contributed by atoms with Crippen molar-refractivity contribution in [2.75, 3.05) is 4.72 Å². The van der Waals surface area contributed by atoms with E-state index in [0.29, 0.717) is 0 Å². The number of nitrogens with one attached hydrogen (secondary N) is 2. The Hall–Kier alpha value is -2.75. The third kappa shape index (κ3) is 2.60. The highest BCUT2D eigenvalue weighted by Gasteiger charge is 2.16. The molecule has 0 aliphatic heterocycles. The molecule has 0 atom stereocenters. The van der Waals surface area contributed by atoms with Gasteiger partial charge in [-0.3, -0.25) is 9.82 Å². The lowest BCUT2D eigenvalue weighted by Crippen LogP contribution is -2.12. The first-order chi connectivity index (χ1) is 10.1. The number of rotatable bonds is 4. The predicted octanol–water partition coefficient (Wildman–Crippen LogP) is 0.930. The van der Waals surface area contributed by atoms with Gasteiger partial charge in [-0.15, -0.1) is 0 Å². The van der Waals surface area contributed by atoms with Crippen molar-refractivity contribution in [1.29, 1.82) is 0 Å².